The van der Waals surface area contributed by atoms with Crippen LogP contribution in [-0.4, -0.2) is 35.9 Å². The van der Waals surface area contributed by atoms with Crippen molar-refractivity contribution < 1.29 is 9.59 Å². The molecule has 0 atom stereocenters. The maximum absolute atomic E-state index is 12.3. The minimum absolute atomic E-state index is 0.101. The van der Waals surface area contributed by atoms with Crippen molar-refractivity contribution in [3.8, 4) is 11.1 Å². The fourth-order valence-electron chi connectivity index (χ4n) is 3.48. The van der Waals surface area contributed by atoms with Crippen molar-refractivity contribution in [1.82, 2.24) is 9.88 Å². The van der Waals surface area contributed by atoms with Gasteiger partial charge in [-0.25, -0.2) is 9.78 Å². The number of benzene rings is 2. The van der Waals surface area contributed by atoms with Gasteiger partial charge in [0.15, 0.2) is 0 Å². The van der Waals surface area contributed by atoms with Crippen LogP contribution in [0.2, 0.25) is 0 Å². The van der Waals surface area contributed by atoms with E-state index >= 15 is 0 Å². The summed E-state index contributed by atoms with van der Waals surface area (Å²) in [5.74, 6) is 0.332. The first-order valence-corrected chi connectivity index (χ1v) is 11.5. The molecule has 172 valence electrons. The predicted molar refractivity (Wildman–Crippen MR) is 141 cm³/mol. The Morgan fingerprint density at radius 3 is 2.50 bits per heavy atom. The van der Waals surface area contributed by atoms with Gasteiger partial charge in [-0.3, -0.25) is 4.79 Å². The Morgan fingerprint density at radius 2 is 1.79 bits per heavy atom. The third-order valence-electron chi connectivity index (χ3n) is 5.23. The number of nitrogen functional groups attached to an aromatic ring is 1. The summed E-state index contributed by atoms with van der Waals surface area (Å²) in [5.41, 5.74) is 11.4. The number of anilines is 3. The fourth-order valence-corrected chi connectivity index (χ4v) is 4.56. The number of rotatable bonds is 5. The van der Waals surface area contributed by atoms with E-state index in [0.717, 1.165) is 38.0 Å². The lowest BCUT2D eigenvalue weighted by Crippen LogP contribution is -2.19. The van der Waals surface area contributed by atoms with Gasteiger partial charge in [0.25, 0.3) is 0 Å². The minimum atomic E-state index is -0.309. The van der Waals surface area contributed by atoms with E-state index in [-0.39, 0.29) is 11.9 Å². The Hall–Kier alpha value is -4.17. The predicted octanol–water partition coefficient (Wildman–Crippen LogP) is 5.60. The molecule has 4 aromatic rings. The van der Waals surface area contributed by atoms with E-state index in [4.69, 9.17) is 5.73 Å². The number of thiophene rings is 1. The molecule has 0 radical (unpaired) electrons. The average molecular weight is 472 g/mol. The molecule has 4 rings (SSSR count). The topological polar surface area (TPSA) is 100 Å². The Kier molecular flexibility index (Phi) is 6.60. The summed E-state index contributed by atoms with van der Waals surface area (Å²) in [6, 6.07) is 14.9. The van der Waals surface area contributed by atoms with Gasteiger partial charge < -0.3 is 21.3 Å². The lowest BCUT2D eigenvalue weighted by Gasteiger charge is -2.09. The average Bonchev–Trinajstić information content (AvgIpc) is 3.25. The van der Waals surface area contributed by atoms with Crippen LogP contribution in [0.4, 0.5) is 22.0 Å². The molecule has 8 heteroatoms. The Balaban J connectivity index is 1.55. The second-order valence-corrected chi connectivity index (χ2v) is 8.92. The highest BCUT2D eigenvalue weighted by Gasteiger charge is 2.14. The number of nitrogens with two attached hydrogens (primary N) is 1. The van der Waals surface area contributed by atoms with Crippen molar-refractivity contribution in [3.05, 3.63) is 77.3 Å². The van der Waals surface area contributed by atoms with Crippen molar-refractivity contribution in [2.45, 2.75) is 6.92 Å². The minimum Gasteiger partial charge on any atom is -0.383 e. The number of fused-ring (bicyclic) bond motifs is 1. The van der Waals surface area contributed by atoms with Crippen LogP contribution in [0.15, 0.2) is 66.2 Å². The number of likely N-dealkylation sites (N-methyl/N-ethyl adjacent to an activating group) is 1. The lowest BCUT2D eigenvalue weighted by atomic mass is 10.0. The molecule has 0 saturated carbocycles. The normalized spacial score (nSPS) is 11.0. The fraction of sp³-hybridized carbons (Fsp3) is 0.115. The summed E-state index contributed by atoms with van der Waals surface area (Å²) in [4.78, 5) is 30.1. The summed E-state index contributed by atoms with van der Waals surface area (Å²) < 4.78 is 0.963. The van der Waals surface area contributed by atoms with E-state index < -0.39 is 0 Å². The first kappa shape index (κ1) is 23.0. The van der Waals surface area contributed by atoms with Gasteiger partial charge >= 0.3 is 6.03 Å². The molecular weight excluding hydrogens is 446 g/mol. The SMILES string of the molecule is Cc1cccc(NC(=O)Nc2ccc(-c3csc4c(C=CC(=O)N(C)C)cnc(N)c34)cc2)c1. The molecule has 4 N–H and O–H groups in total. The molecule has 7 nitrogen and oxygen atoms in total. The highest BCUT2D eigenvalue weighted by atomic mass is 32.1. The van der Waals surface area contributed by atoms with Crippen molar-refractivity contribution in [2.24, 2.45) is 0 Å². The number of nitrogens with one attached hydrogen (secondary N) is 2. The van der Waals surface area contributed by atoms with E-state index in [1.807, 2.05) is 60.8 Å². The molecule has 34 heavy (non-hydrogen) atoms. The van der Waals surface area contributed by atoms with Crippen LogP contribution >= 0.6 is 11.3 Å². The standard InChI is InChI=1S/C26H25N5O2S/c1-16-5-4-6-20(13-16)30-26(33)29-19-10-7-17(8-11-19)21-15-34-24-18(9-12-22(32)31(2)3)14-28-25(27)23(21)24/h4-15H,1-3H3,(H2,27,28)(H2,29,30,33). The quantitative estimate of drug-likeness (QED) is 0.330. The monoisotopic (exact) mass is 471 g/mol. The van der Waals surface area contributed by atoms with E-state index in [1.165, 1.54) is 11.0 Å². The molecule has 0 bridgehead atoms. The first-order chi connectivity index (χ1) is 16.3. The third-order valence-corrected chi connectivity index (χ3v) is 6.26. The van der Waals surface area contributed by atoms with Crippen LogP contribution in [0.5, 0.6) is 0 Å². The van der Waals surface area contributed by atoms with Gasteiger partial charge in [-0.1, -0.05) is 24.3 Å². The Labute approximate surface area is 201 Å². The smallest absolute Gasteiger partial charge is 0.323 e. The van der Waals surface area contributed by atoms with Crippen LogP contribution in [0.1, 0.15) is 11.1 Å². The molecule has 0 fully saturated rings. The summed E-state index contributed by atoms with van der Waals surface area (Å²) >= 11 is 1.55. The number of aryl methyl sites for hydroxylation is 1. The number of urea groups is 1. The number of hydrogen-bond donors (Lipinski definition) is 3. The van der Waals surface area contributed by atoms with E-state index in [0.29, 0.717) is 11.5 Å². The first-order valence-electron chi connectivity index (χ1n) is 10.6. The molecule has 0 unspecified atom stereocenters. The summed E-state index contributed by atoms with van der Waals surface area (Å²) in [6.45, 7) is 1.97. The van der Waals surface area contributed by atoms with Crippen LogP contribution in [-0.2, 0) is 4.79 Å². The number of carbonyl (C=O) groups excluding carboxylic acids is 2. The van der Waals surface area contributed by atoms with E-state index in [2.05, 4.69) is 15.6 Å². The zero-order valence-corrected chi connectivity index (χ0v) is 19.9. The zero-order chi connectivity index (χ0) is 24.2. The van der Waals surface area contributed by atoms with Gasteiger partial charge in [0, 0.05) is 59.0 Å². The molecule has 0 aliphatic carbocycles. The number of nitrogens with zero attached hydrogens (tertiary/aromatic N) is 2. The van der Waals surface area contributed by atoms with Gasteiger partial charge in [-0.15, -0.1) is 11.3 Å². The van der Waals surface area contributed by atoms with Crippen molar-refractivity contribution in [1.29, 1.82) is 0 Å². The number of amides is 3. The highest BCUT2D eigenvalue weighted by molar-refractivity contribution is 7.18. The number of carbonyl (C=O) groups is 2. The summed E-state index contributed by atoms with van der Waals surface area (Å²) in [5, 5.41) is 8.56. The lowest BCUT2D eigenvalue weighted by molar-refractivity contribution is -0.123. The van der Waals surface area contributed by atoms with Crippen molar-refractivity contribution >= 4 is 56.6 Å². The molecule has 0 aliphatic rings. The van der Waals surface area contributed by atoms with Crippen molar-refractivity contribution in [2.75, 3.05) is 30.5 Å². The maximum Gasteiger partial charge on any atom is 0.323 e. The van der Waals surface area contributed by atoms with Gasteiger partial charge in [-0.05, 0) is 53.8 Å². The zero-order valence-electron chi connectivity index (χ0n) is 19.1. The molecule has 3 amide bonds. The number of aromatic nitrogens is 1. The van der Waals surface area contributed by atoms with E-state index in [1.54, 1.807) is 37.7 Å². The summed E-state index contributed by atoms with van der Waals surface area (Å²) in [7, 11) is 3.41. The van der Waals surface area contributed by atoms with Crippen LogP contribution in [0, 0.1) is 6.92 Å². The highest BCUT2D eigenvalue weighted by Crippen LogP contribution is 2.39. The van der Waals surface area contributed by atoms with Gasteiger partial charge in [0.05, 0.1) is 0 Å². The second kappa shape index (κ2) is 9.76. The second-order valence-electron chi connectivity index (χ2n) is 8.04. The number of hydrogen-bond acceptors (Lipinski definition) is 5. The van der Waals surface area contributed by atoms with Gasteiger partial charge in [-0.2, -0.15) is 0 Å². The number of pyridine rings is 1. The van der Waals surface area contributed by atoms with Gasteiger partial charge in [0.2, 0.25) is 5.91 Å². The van der Waals surface area contributed by atoms with Crippen LogP contribution < -0.4 is 16.4 Å². The van der Waals surface area contributed by atoms with Crippen LogP contribution in [0.25, 0.3) is 27.3 Å². The molecule has 0 spiro atoms. The molecule has 0 aliphatic heterocycles. The molecule has 2 heterocycles. The van der Waals surface area contributed by atoms with Crippen LogP contribution in [0.3, 0.4) is 0 Å². The largest absolute Gasteiger partial charge is 0.383 e. The maximum atomic E-state index is 12.3. The Bertz CT molecular complexity index is 1390. The Morgan fingerprint density at radius 1 is 1.06 bits per heavy atom. The molecule has 2 aromatic carbocycles. The molecule has 0 saturated heterocycles. The molecular formula is C26H25N5O2S. The summed E-state index contributed by atoms with van der Waals surface area (Å²) in [6.07, 6.45) is 4.96. The van der Waals surface area contributed by atoms with Crippen molar-refractivity contribution in [3.63, 3.8) is 0 Å². The van der Waals surface area contributed by atoms with E-state index in [9.17, 15) is 9.59 Å². The molecule has 2 aromatic heterocycles. The van der Waals surface area contributed by atoms with Gasteiger partial charge in [0.1, 0.15) is 5.82 Å². The third kappa shape index (κ3) is 5.07.